The third-order valence-electron chi connectivity index (χ3n) is 3.98. The summed E-state index contributed by atoms with van der Waals surface area (Å²) in [7, 11) is 3.21. The van der Waals surface area contributed by atoms with E-state index in [0.29, 0.717) is 33.8 Å². The van der Waals surface area contributed by atoms with Crippen molar-refractivity contribution >= 4 is 46.7 Å². The minimum atomic E-state index is -0.217. The number of anilines is 1. The summed E-state index contributed by atoms with van der Waals surface area (Å²) in [6.07, 6.45) is 0. The third-order valence-corrected chi connectivity index (χ3v) is 5.79. The molecule has 1 aliphatic rings. The number of benzene rings is 2. The molecule has 138 valence electrons. The van der Waals surface area contributed by atoms with Gasteiger partial charge in [0.1, 0.15) is 16.9 Å². The number of thioether (sulfide) groups is 1. The summed E-state index contributed by atoms with van der Waals surface area (Å²) < 4.78 is 10.7. The maximum atomic E-state index is 12.8. The van der Waals surface area contributed by atoms with Crippen molar-refractivity contribution in [2.75, 3.05) is 31.8 Å². The van der Waals surface area contributed by atoms with Crippen molar-refractivity contribution in [3.8, 4) is 11.5 Å². The van der Waals surface area contributed by atoms with E-state index in [0.717, 1.165) is 11.3 Å². The van der Waals surface area contributed by atoms with Gasteiger partial charge in [-0.2, -0.15) is 0 Å². The average molecular weight is 413 g/mol. The summed E-state index contributed by atoms with van der Waals surface area (Å²) >= 11 is 13.8. The summed E-state index contributed by atoms with van der Waals surface area (Å²) in [4.78, 5) is 14.6. The molecule has 2 aromatic carbocycles. The Labute approximate surface area is 166 Å². The van der Waals surface area contributed by atoms with Gasteiger partial charge in [0.2, 0.25) is 0 Å². The second-order valence-corrected chi connectivity index (χ2v) is 7.65. The second kappa shape index (κ2) is 8.29. The zero-order valence-corrected chi connectivity index (χ0v) is 16.6. The molecule has 0 saturated carbocycles. The normalized spacial score (nSPS) is 16.5. The van der Waals surface area contributed by atoms with E-state index in [9.17, 15) is 4.79 Å². The van der Waals surface area contributed by atoms with Gasteiger partial charge in [-0.05, 0) is 35.9 Å². The zero-order valence-electron chi connectivity index (χ0n) is 14.3. The summed E-state index contributed by atoms with van der Waals surface area (Å²) in [6, 6.07) is 10.4. The number of methoxy groups -OCH3 is 2. The molecular formula is C18H18Cl2N2O3S. The quantitative estimate of drug-likeness (QED) is 0.740. The van der Waals surface area contributed by atoms with Gasteiger partial charge in [-0.25, -0.2) is 4.79 Å². The minimum Gasteiger partial charge on any atom is -0.497 e. The molecule has 26 heavy (non-hydrogen) atoms. The van der Waals surface area contributed by atoms with Gasteiger partial charge in [0.15, 0.2) is 0 Å². The van der Waals surface area contributed by atoms with Crippen molar-refractivity contribution in [1.29, 1.82) is 0 Å². The van der Waals surface area contributed by atoms with Crippen LogP contribution < -0.4 is 14.8 Å². The predicted molar refractivity (Wildman–Crippen MR) is 107 cm³/mol. The summed E-state index contributed by atoms with van der Waals surface area (Å²) in [5.74, 6) is 2.22. The number of carbonyl (C=O) groups is 1. The first-order valence-electron chi connectivity index (χ1n) is 7.89. The SMILES string of the molecule is COc1cc(OC)cc(C2SCCN2C(=O)Nc2ccc(Cl)cc2Cl)c1. The third kappa shape index (κ3) is 4.14. The Hall–Kier alpha value is -1.76. The number of hydrogen-bond donors (Lipinski definition) is 1. The number of halogens is 2. The highest BCUT2D eigenvalue weighted by Crippen LogP contribution is 2.41. The number of nitrogens with one attached hydrogen (secondary N) is 1. The van der Waals surface area contributed by atoms with Crippen LogP contribution in [0, 0.1) is 0 Å². The number of nitrogens with zero attached hydrogens (tertiary/aromatic N) is 1. The predicted octanol–water partition coefficient (Wildman–Crippen LogP) is 5.29. The first-order valence-corrected chi connectivity index (χ1v) is 9.69. The fourth-order valence-corrected chi connectivity index (χ4v) is 4.39. The molecule has 0 radical (unpaired) electrons. The summed E-state index contributed by atoms with van der Waals surface area (Å²) in [5, 5.41) is 3.64. The van der Waals surface area contributed by atoms with Gasteiger partial charge in [0, 0.05) is 23.4 Å². The van der Waals surface area contributed by atoms with Crippen LogP contribution in [0.15, 0.2) is 36.4 Å². The molecule has 1 atom stereocenters. The van der Waals surface area contributed by atoms with Crippen LogP contribution in [0.4, 0.5) is 10.5 Å². The number of ether oxygens (including phenoxy) is 2. The van der Waals surface area contributed by atoms with Crippen molar-refractivity contribution in [2.24, 2.45) is 0 Å². The number of amides is 2. The molecule has 1 saturated heterocycles. The van der Waals surface area contributed by atoms with Gasteiger partial charge in [0.05, 0.1) is 24.9 Å². The van der Waals surface area contributed by atoms with Crippen LogP contribution in [0.3, 0.4) is 0 Å². The molecule has 2 amide bonds. The van der Waals surface area contributed by atoms with E-state index in [1.807, 2.05) is 12.1 Å². The first-order chi connectivity index (χ1) is 12.5. The molecule has 0 aromatic heterocycles. The van der Waals surface area contributed by atoms with Crippen molar-refractivity contribution in [3.05, 3.63) is 52.0 Å². The molecule has 1 fully saturated rings. The van der Waals surface area contributed by atoms with Gasteiger partial charge >= 0.3 is 6.03 Å². The molecule has 1 heterocycles. The van der Waals surface area contributed by atoms with E-state index < -0.39 is 0 Å². The molecule has 0 bridgehead atoms. The van der Waals surface area contributed by atoms with E-state index in [4.69, 9.17) is 32.7 Å². The topological polar surface area (TPSA) is 50.8 Å². The van der Waals surface area contributed by atoms with Crippen LogP contribution in [-0.2, 0) is 0 Å². The molecule has 1 N–H and O–H groups in total. The van der Waals surface area contributed by atoms with Crippen LogP contribution in [0.25, 0.3) is 0 Å². The zero-order chi connectivity index (χ0) is 18.7. The van der Waals surface area contributed by atoms with Gasteiger partial charge in [0.25, 0.3) is 0 Å². The highest BCUT2D eigenvalue weighted by molar-refractivity contribution is 7.99. The van der Waals surface area contributed by atoms with Gasteiger partial charge in [-0.15, -0.1) is 11.8 Å². The number of hydrogen-bond acceptors (Lipinski definition) is 4. The van der Waals surface area contributed by atoms with Crippen LogP contribution in [0.5, 0.6) is 11.5 Å². The average Bonchev–Trinajstić information content (AvgIpc) is 3.13. The standard InChI is InChI=1S/C18H18Cl2N2O3S/c1-24-13-7-11(8-14(10-13)25-2)17-22(5-6-26-17)18(23)21-16-4-3-12(19)9-15(16)20/h3-4,7-10,17H,5-6H2,1-2H3,(H,21,23). The number of urea groups is 1. The van der Waals surface area contributed by atoms with E-state index >= 15 is 0 Å². The van der Waals surface area contributed by atoms with E-state index in [-0.39, 0.29) is 11.4 Å². The molecule has 8 heteroatoms. The summed E-state index contributed by atoms with van der Waals surface area (Å²) in [6.45, 7) is 0.631. The lowest BCUT2D eigenvalue weighted by molar-refractivity contribution is 0.214. The highest BCUT2D eigenvalue weighted by Gasteiger charge is 2.31. The van der Waals surface area contributed by atoms with Crippen molar-refractivity contribution < 1.29 is 14.3 Å². The van der Waals surface area contributed by atoms with Crippen LogP contribution in [0.2, 0.25) is 10.0 Å². The van der Waals surface area contributed by atoms with E-state index in [1.54, 1.807) is 55.1 Å². The van der Waals surface area contributed by atoms with Gasteiger partial charge < -0.3 is 19.7 Å². The maximum absolute atomic E-state index is 12.8. The van der Waals surface area contributed by atoms with Crippen LogP contribution in [0.1, 0.15) is 10.9 Å². The largest absolute Gasteiger partial charge is 0.497 e. The molecular weight excluding hydrogens is 395 g/mol. The molecule has 0 aliphatic carbocycles. The smallest absolute Gasteiger partial charge is 0.323 e. The highest BCUT2D eigenvalue weighted by atomic mass is 35.5. The Kier molecular flexibility index (Phi) is 6.06. The number of rotatable bonds is 4. The lowest BCUT2D eigenvalue weighted by Crippen LogP contribution is -2.34. The van der Waals surface area contributed by atoms with Crippen molar-refractivity contribution in [2.45, 2.75) is 5.37 Å². The molecule has 1 aliphatic heterocycles. The fraction of sp³-hybridized carbons (Fsp3) is 0.278. The molecule has 2 aromatic rings. The number of carbonyl (C=O) groups excluding carboxylic acids is 1. The van der Waals surface area contributed by atoms with Crippen molar-refractivity contribution in [1.82, 2.24) is 4.90 Å². The minimum absolute atomic E-state index is 0.134. The fourth-order valence-electron chi connectivity index (χ4n) is 2.70. The van der Waals surface area contributed by atoms with Crippen LogP contribution in [-0.4, -0.2) is 37.4 Å². The Bertz CT molecular complexity index is 797. The first kappa shape index (κ1) is 19.0. The van der Waals surface area contributed by atoms with Gasteiger partial charge in [-0.3, -0.25) is 0 Å². The lowest BCUT2D eigenvalue weighted by atomic mass is 10.2. The Morgan fingerprint density at radius 3 is 2.46 bits per heavy atom. The monoisotopic (exact) mass is 412 g/mol. The van der Waals surface area contributed by atoms with Crippen molar-refractivity contribution in [3.63, 3.8) is 0 Å². The van der Waals surface area contributed by atoms with E-state index in [2.05, 4.69) is 5.32 Å². The Balaban J connectivity index is 1.82. The second-order valence-electron chi connectivity index (χ2n) is 5.62. The molecule has 5 nitrogen and oxygen atoms in total. The summed E-state index contributed by atoms with van der Waals surface area (Å²) in [5.41, 5.74) is 1.47. The lowest BCUT2D eigenvalue weighted by Gasteiger charge is -2.25. The molecule has 0 spiro atoms. The Morgan fingerprint density at radius 1 is 1.15 bits per heavy atom. The molecule has 1 unspecified atom stereocenters. The Morgan fingerprint density at radius 2 is 1.85 bits per heavy atom. The maximum Gasteiger partial charge on any atom is 0.323 e. The van der Waals surface area contributed by atoms with Gasteiger partial charge in [-0.1, -0.05) is 23.2 Å². The van der Waals surface area contributed by atoms with E-state index in [1.165, 1.54) is 0 Å². The van der Waals surface area contributed by atoms with Crippen LogP contribution >= 0.6 is 35.0 Å². The molecule has 3 rings (SSSR count).